The lowest BCUT2D eigenvalue weighted by molar-refractivity contribution is 0.109. The van der Waals surface area contributed by atoms with E-state index in [2.05, 4.69) is 9.97 Å². The molecule has 0 radical (unpaired) electrons. The lowest BCUT2D eigenvalue weighted by Crippen LogP contribution is -2.31. The first-order valence-electron chi connectivity index (χ1n) is 5.65. The van der Waals surface area contributed by atoms with E-state index in [9.17, 15) is 4.79 Å². The first-order valence-corrected chi connectivity index (χ1v) is 5.65. The molecule has 2 rings (SSSR count). The maximum Gasteiger partial charge on any atom is 0.409 e. The molecule has 92 valence electrons. The fourth-order valence-electron chi connectivity index (χ4n) is 1.70. The summed E-state index contributed by atoms with van der Waals surface area (Å²) in [7, 11) is 0. The molecular formula is C11H15N3O3. The minimum Gasteiger partial charge on any atom is -0.458 e. The molecule has 6 nitrogen and oxygen atoms in total. The van der Waals surface area contributed by atoms with Gasteiger partial charge in [0.2, 0.25) is 0 Å². The van der Waals surface area contributed by atoms with E-state index in [1.165, 1.54) is 0 Å². The number of ether oxygens (including phenoxy) is 2. The number of rotatable bonds is 3. The van der Waals surface area contributed by atoms with Gasteiger partial charge in [-0.1, -0.05) is 0 Å². The number of nitrogens with zero attached hydrogens (tertiary/aromatic N) is 3. The van der Waals surface area contributed by atoms with E-state index >= 15 is 0 Å². The molecule has 0 unspecified atom stereocenters. The van der Waals surface area contributed by atoms with Crippen molar-refractivity contribution < 1.29 is 14.3 Å². The smallest absolute Gasteiger partial charge is 0.409 e. The summed E-state index contributed by atoms with van der Waals surface area (Å²) < 4.78 is 10.5. The van der Waals surface area contributed by atoms with Crippen LogP contribution in [0, 0.1) is 0 Å². The van der Waals surface area contributed by atoms with Gasteiger partial charge in [0.1, 0.15) is 6.10 Å². The molecule has 1 aliphatic heterocycles. The predicted molar refractivity (Wildman–Crippen MR) is 59.7 cm³/mol. The molecular weight excluding hydrogens is 222 g/mol. The highest BCUT2D eigenvalue weighted by atomic mass is 16.6. The van der Waals surface area contributed by atoms with E-state index in [1.807, 2.05) is 0 Å². The largest absolute Gasteiger partial charge is 0.458 e. The lowest BCUT2D eigenvalue weighted by atomic mass is 10.3. The Labute approximate surface area is 99.6 Å². The lowest BCUT2D eigenvalue weighted by Gasteiger charge is -2.15. The molecule has 0 N–H and O–H groups in total. The highest BCUT2D eigenvalue weighted by Gasteiger charge is 2.28. The Balaban J connectivity index is 1.84. The molecule has 1 saturated heterocycles. The summed E-state index contributed by atoms with van der Waals surface area (Å²) in [5, 5.41) is 0. The van der Waals surface area contributed by atoms with Gasteiger partial charge in [0.15, 0.2) is 0 Å². The number of hydrogen-bond acceptors (Lipinski definition) is 5. The van der Waals surface area contributed by atoms with Gasteiger partial charge in [-0.2, -0.15) is 0 Å². The first-order chi connectivity index (χ1) is 8.29. The second-order valence-corrected chi connectivity index (χ2v) is 3.70. The fourth-order valence-corrected chi connectivity index (χ4v) is 1.70. The van der Waals surface area contributed by atoms with Crippen LogP contribution in [0.15, 0.2) is 18.5 Å². The SMILES string of the molecule is CCOC(=O)N1CC[C@H](Oc2ncccn2)C1. The van der Waals surface area contributed by atoms with Crippen LogP contribution in [0.25, 0.3) is 0 Å². The van der Waals surface area contributed by atoms with E-state index in [0.717, 1.165) is 6.42 Å². The van der Waals surface area contributed by atoms with Crippen LogP contribution in [-0.4, -0.2) is 46.8 Å². The molecule has 1 fully saturated rings. The van der Waals surface area contributed by atoms with Gasteiger partial charge in [0, 0.05) is 25.4 Å². The summed E-state index contributed by atoms with van der Waals surface area (Å²) in [5.74, 6) is 0. The minimum absolute atomic E-state index is 0.0539. The van der Waals surface area contributed by atoms with Crippen molar-refractivity contribution in [1.29, 1.82) is 0 Å². The summed E-state index contributed by atoms with van der Waals surface area (Å²) in [6.07, 6.45) is 3.69. The molecule has 17 heavy (non-hydrogen) atoms. The molecule has 0 aromatic carbocycles. The molecule has 1 aromatic rings. The number of amides is 1. The maximum absolute atomic E-state index is 11.5. The molecule has 6 heteroatoms. The number of likely N-dealkylation sites (tertiary alicyclic amines) is 1. The highest BCUT2D eigenvalue weighted by molar-refractivity contribution is 5.67. The van der Waals surface area contributed by atoms with Crippen LogP contribution in [0.2, 0.25) is 0 Å². The van der Waals surface area contributed by atoms with E-state index in [0.29, 0.717) is 25.7 Å². The second-order valence-electron chi connectivity index (χ2n) is 3.70. The molecule has 1 aliphatic rings. The first kappa shape index (κ1) is 11.6. The summed E-state index contributed by atoms with van der Waals surface area (Å²) in [5.41, 5.74) is 0. The van der Waals surface area contributed by atoms with Crippen LogP contribution in [0.4, 0.5) is 4.79 Å². The van der Waals surface area contributed by atoms with Crippen LogP contribution < -0.4 is 4.74 Å². The Morgan fingerprint density at radius 2 is 2.29 bits per heavy atom. The van der Waals surface area contributed by atoms with E-state index < -0.39 is 0 Å². The monoisotopic (exact) mass is 237 g/mol. The Kier molecular flexibility index (Phi) is 3.74. The van der Waals surface area contributed by atoms with Crippen molar-refractivity contribution in [2.45, 2.75) is 19.4 Å². The van der Waals surface area contributed by atoms with Gasteiger partial charge in [-0.15, -0.1) is 0 Å². The molecule has 0 spiro atoms. The summed E-state index contributed by atoms with van der Waals surface area (Å²) >= 11 is 0. The summed E-state index contributed by atoms with van der Waals surface area (Å²) in [6.45, 7) is 3.36. The van der Waals surface area contributed by atoms with Gasteiger partial charge >= 0.3 is 12.1 Å². The Bertz CT molecular complexity index is 371. The second kappa shape index (κ2) is 5.47. The van der Waals surface area contributed by atoms with Gasteiger partial charge < -0.3 is 14.4 Å². The van der Waals surface area contributed by atoms with E-state index in [1.54, 1.807) is 30.3 Å². The zero-order valence-electron chi connectivity index (χ0n) is 9.70. The van der Waals surface area contributed by atoms with Crippen LogP contribution >= 0.6 is 0 Å². The van der Waals surface area contributed by atoms with Crippen LogP contribution in [0.5, 0.6) is 6.01 Å². The maximum atomic E-state index is 11.5. The predicted octanol–water partition coefficient (Wildman–Crippen LogP) is 1.09. The number of carbonyl (C=O) groups is 1. The van der Waals surface area contributed by atoms with Crippen molar-refractivity contribution in [3.05, 3.63) is 18.5 Å². The quantitative estimate of drug-likeness (QED) is 0.787. The average Bonchev–Trinajstić information content (AvgIpc) is 2.79. The third kappa shape index (κ3) is 3.05. The standard InChI is InChI=1S/C11H15N3O3/c1-2-16-11(15)14-7-4-9(8-14)17-10-12-5-3-6-13-10/h3,5-6,9H,2,4,7-8H2,1H3/t9-/m0/s1. The Hall–Kier alpha value is -1.85. The molecule has 1 atom stereocenters. The van der Waals surface area contributed by atoms with Crippen LogP contribution in [0.3, 0.4) is 0 Å². The van der Waals surface area contributed by atoms with Crippen LogP contribution in [0.1, 0.15) is 13.3 Å². The van der Waals surface area contributed by atoms with Gasteiger partial charge in [0.25, 0.3) is 0 Å². The van der Waals surface area contributed by atoms with E-state index in [-0.39, 0.29) is 12.2 Å². The van der Waals surface area contributed by atoms with Gasteiger partial charge in [0.05, 0.1) is 13.2 Å². The molecule has 0 saturated carbocycles. The third-order valence-electron chi connectivity index (χ3n) is 2.49. The van der Waals surface area contributed by atoms with Crippen LogP contribution in [-0.2, 0) is 4.74 Å². The van der Waals surface area contributed by atoms with Gasteiger partial charge in [-0.3, -0.25) is 0 Å². The van der Waals surface area contributed by atoms with E-state index in [4.69, 9.17) is 9.47 Å². The highest BCUT2D eigenvalue weighted by Crippen LogP contribution is 2.15. The normalized spacial score (nSPS) is 19.1. The number of carbonyl (C=O) groups excluding carboxylic acids is 1. The third-order valence-corrected chi connectivity index (χ3v) is 2.49. The van der Waals surface area contributed by atoms with Crippen molar-refractivity contribution in [3.63, 3.8) is 0 Å². The zero-order chi connectivity index (χ0) is 12.1. The van der Waals surface area contributed by atoms with Gasteiger partial charge in [-0.25, -0.2) is 14.8 Å². The van der Waals surface area contributed by atoms with Crippen molar-refractivity contribution in [1.82, 2.24) is 14.9 Å². The zero-order valence-corrected chi connectivity index (χ0v) is 9.70. The molecule has 1 amide bonds. The average molecular weight is 237 g/mol. The molecule has 0 aliphatic carbocycles. The van der Waals surface area contributed by atoms with Crippen molar-refractivity contribution in [2.24, 2.45) is 0 Å². The van der Waals surface area contributed by atoms with Crippen molar-refractivity contribution in [2.75, 3.05) is 19.7 Å². The summed E-state index contributed by atoms with van der Waals surface area (Å²) in [6, 6.07) is 2.08. The Morgan fingerprint density at radius 1 is 1.53 bits per heavy atom. The topological polar surface area (TPSA) is 64.5 Å². The number of aromatic nitrogens is 2. The Morgan fingerprint density at radius 3 is 3.00 bits per heavy atom. The van der Waals surface area contributed by atoms with Crippen molar-refractivity contribution >= 4 is 6.09 Å². The minimum atomic E-state index is -0.285. The van der Waals surface area contributed by atoms with Crippen molar-refractivity contribution in [3.8, 4) is 6.01 Å². The summed E-state index contributed by atoms with van der Waals surface area (Å²) in [4.78, 5) is 21.1. The fraction of sp³-hybridized carbons (Fsp3) is 0.545. The van der Waals surface area contributed by atoms with Gasteiger partial charge in [-0.05, 0) is 13.0 Å². The molecule has 0 bridgehead atoms. The molecule has 2 heterocycles. The molecule has 1 aromatic heterocycles. The number of hydrogen-bond donors (Lipinski definition) is 0.